The highest BCUT2D eigenvalue weighted by molar-refractivity contribution is 5.91. The van der Waals surface area contributed by atoms with Crippen LogP contribution in [0.15, 0.2) is 61.1 Å². The van der Waals surface area contributed by atoms with Gasteiger partial charge in [0.05, 0.1) is 24.7 Å². The van der Waals surface area contributed by atoms with Crippen LogP contribution in [-0.4, -0.2) is 34.6 Å². The maximum atomic E-state index is 6.35. The van der Waals surface area contributed by atoms with Gasteiger partial charge in [-0.25, -0.2) is 4.57 Å². The van der Waals surface area contributed by atoms with Crippen LogP contribution in [0.5, 0.6) is 23.0 Å². The van der Waals surface area contributed by atoms with E-state index in [1.165, 1.54) is 22.5 Å². The molecule has 0 N–H and O–H groups in total. The number of aromatic nitrogens is 2. The summed E-state index contributed by atoms with van der Waals surface area (Å²) in [5.74, 6) is 3.21. The minimum absolute atomic E-state index is 0. The zero-order valence-corrected chi connectivity index (χ0v) is 22.1. The lowest BCUT2D eigenvalue weighted by Gasteiger charge is -2.18. The van der Waals surface area contributed by atoms with Crippen molar-refractivity contribution in [1.82, 2.24) is 0 Å². The molecular formula is C29H31ClN3O4+. The van der Waals surface area contributed by atoms with E-state index in [9.17, 15) is 0 Å². The summed E-state index contributed by atoms with van der Waals surface area (Å²) in [5.41, 5.74) is 4.86. The van der Waals surface area contributed by atoms with Gasteiger partial charge >= 0.3 is 0 Å². The molecule has 2 aromatic heterocycles. The molecule has 0 unspecified atom stereocenters. The third-order valence-electron chi connectivity index (χ3n) is 6.99. The number of halogens is 1. The molecule has 2 aromatic carbocycles. The lowest BCUT2D eigenvalue weighted by molar-refractivity contribution is -0.697. The van der Waals surface area contributed by atoms with Gasteiger partial charge in [0.1, 0.15) is 0 Å². The summed E-state index contributed by atoms with van der Waals surface area (Å²) in [7, 11) is 5.80. The molecule has 0 bridgehead atoms. The fraction of sp³-hybridized carbons (Fsp3) is 0.310. The molecule has 4 heterocycles. The Morgan fingerprint density at radius 1 is 1.00 bits per heavy atom. The zero-order valence-electron chi connectivity index (χ0n) is 21.4. The van der Waals surface area contributed by atoms with E-state index in [2.05, 4.69) is 83.1 Å². The van der Waals surface area contributed by atoms with E-state index >= 15 is 0 Å². The first kappa shape index (κ1) is 25.0. The molecule has 0 fully saturated rings. The molecule has 0 saturated carbocycles. The minimum atomic E-state index is 0. The number of fused-ring (bicyclic) bond motifs is 5. The molecule has 0 radical (unpaired) electrons. The van der Waals surface area contributed by atoms with E-state index in [1.54, 1.807) is 7.11 Å². The Labute approximate surface area is 223 Å². The van der Waals surface area contributed by atoms with Crippen LogP contribution in [0.2, 0.25) is 0 Å². The van der Waals surface area contributed by atoms with Gasteiger partial charge in [0.2, 0.25) is 12.5 Å². The fourth-order valence-corrected chi connectivity index (χ4v) is 5.02. The maximum Gasteiger partial charge on any atom is 0.231 e. The van der Waals surface area contributed by atoms with Gasteiger partial charge in [0, 0.05) is 50.8 Å². The van der Waals surface area contributed by atoms with Gasteiger partial charge in [-0.3, -0.25) is 0 Å². The summed E-state index contributed by atoms with van der Waals surface area (Å²) in [6.07, 6.45) is 8.26. The van der Waals surface area contributed by atoms with E-state index in [1.807, 2.05) is 6.07 Å². The largest absolute Gasteiger partial charge is 1.00 e. The Kier molecular flexibility index (Phi) is 6.98. The van der Waals surface area contributed by atoms with Gasteiger partial charge in [0.25, 0.3) is 0 Å². The summed E-state index contributed by atoms with van der Waals surface area (Å²) >= 11 is 0. The van der Waals surface area contributed by atoms with E-state index in [-0.39, 0.29) is 19.2 Å². The summed E-state index contributed by atoms with van der Waals surface area (Å²) in [4.78, 5) is 2.10. The number of hydrogen-bond acceptors (Lipinski definition) is 5. The van der Waals surface area contributed by atoms with Crippen molar-refractivity contribution < 1.29 is 40.5 Å². The smallest absolute Gasteiger partial charge is 0.231 e. The molecule has 0 saturated heterocycles. The molecule has 8 heteroatoms. The van der Waals surface area contributed by atoms with Crippen LogP contribution in [0.4, 0.5) is 5.69 Å². The molecule has 0 aliphatic carbocycles. The number of rotatable bonds is 7. The number of anilines is 1. The average molecular weight is 521 g/mol. The molecule has 0 atom stereocenters. The van der Waals surface area contributed by atoms with Gasteiger partial charge in [-0.2, -0.15) is 4.57 Å². The predicted molar refractivity (Wildman–Crippen MR) is 137 cm³/mol. The molecule has 6 rings (SSSR count). The number of pyridine rings is 2. The van der Waals surface area contributed by atoms with Gasteiger partial charge in [-0.05, 0) is 35.2 Å². The molecule has 37 heavy (non-hydrogen) atoms. The zero-order chi connectivity index (χ0) is 24.6. The molecule has 4 aromatic rings. The van der Waals surface area contributed by atoms with Crippen molar-refractivity contribution in [2.75, 3.05) is 39.5 Å². The molecule has 2 aliphatic rings. The van der Waals surface area contributed by atoms with Crippen LogP contribution < -0.4 is 45.4 Å². The van der Waals surface area contributed by atoms with Crippen molar-refractivity contribution in [2.24, 2.45) is 0 Å². The average Bonchev–Trinajstić information content (AvgIpc) is 3.36. The van der Waals surface area contributed by atoms with Crippen molar-refractivity contribution in [2.45, 2.75) is 25.9 Å². The number of benzene rings is 2. The quantitative estimate of drug-likeness (QED) is 0.268. The Balaban J connectivity index is 0.00000280. The van der Waals surface area contributed by atoms with E-state index in [0.717, 1.165) is 59.7 Å². The first-order chi connectivity index (χ1) is 17.6. The normalized spacial score (nSPS) is 12.9. The summed E-state index contributed by atoms with van der Waals surface area (Å²) in [6, 6.07) is 14.8. The second-order valence-electron chi connectivity index (χ2n) is 9.46. The van der Waals surface area contributed by atoms with Gasteiger partial charge < -0.3 is 36.3 Å². The fourth-order valence-electron chi connectivity index (χ4n) is 5.02. The van der Waals surface area contributed by atoms with Crippen molar-refractivity contribution in [3.8, 4) is 34.3 Å². The maximum absolute atomic E-state index is 6.35. The number of hydrogen-bond donors (Lipinski definition) is 0. The summed E-state index contributed by atoms with van der Waals surface area (Å²) in [6.45, 7) is 2.67. The summed E-state index contributed by atoms with van der Waals surface area (Å²) in [5, 5.41) is 2.18. The highest BCUT2D eigenvalue weighted by Gasteiger charge is 2.28. The number of nitrogens with zero attached hydrogens (tertiary/aromatic N) is 3. The van der Waals surface area contributed by atoms with Crippen molar-refractivity contribution >= 4 is 16.5 Å². The number of methoxy groups -OCH3 is 1. The first-order valence-electron chi connectivity index (χ1n) is 12.4. The highest BCUT2D eigenvalue weighted by Crippen LogP contribution is 2.41. The van der Waals surface area contributed by atoms with E-state index < -0.39 is 0 Å². The lowest BCUT2D eigenvalue weighted by Crippen LogP contribution is -3.00. The lowest BCUT2D eigenvalue weighted by atomic mass is 9.95. The SMILES string of the molecule is COc1ccc2cc3[n+](cc2c1OCCC[n+]1ccc(N(C)C)cc1)CCc1cc2c(cc1-3)OCO2.[Cl-]. The van der Waals surface area contributed by atoms with Crippen LogP contribution in [0.25, 0.3) is 22.0 Å². The minimum Gasteiger partial charge on any atom is -1.00 e. The van der Waals surface area contributed by atoms with Crippen LogP contribution >= 0.6 is 0 Å². The van der Waals surface area contributed by atoms with Crippen molar-refractivity contribution in [1.29, 1.82) is 0 Å². The Bertz CT molecular complexity index is 1440. The monoisotopic (exact) mass is 520 g/mol. The molecule has 192 valence electrons. The summed E-state index contributed by atoms with van der Waals surface area (Å²) < 4.78 is 27.8. The third kappa shape index (κ3) is 4.71. The third-order valence-corrected chi connectivity index (χ3v) is 6.99. The van der Waals surface area contributed by atoms with Crippen LogP contribution in [0.1, 0.15) is 12.0 Å². The Hall–Kier alpha value is -3.71. The highest BCUT2D eigenvalue weighted by atomic mass is 35.5. The van der Waals surface area contributed by atoms with Crippen LogP contribution in [-0.2, 0) is 19.5 Å². The second kappa shape index (κ2) is 10.3. The second-order valence-corrected chi connectivity index (χ2v) is 9.46. The van der Waals surface area contributed by atoms with Gasteiger partial charge in [0.15, 0.2) is 54.7 Å². The van der Waals surface area contributed by atoms with E-state index in [0.29, 0.717) is 6.61 Å². The van der Waals surface area contributed by atoms with Crippen molar-refractivity contribution in [3.63, 3.8) is 0 Å². The molecule has 2 aliphatic heterocycles. The number of aryl methyl sites for hydroxylation is 3. The topological polar surface area (TPSA) is 47.9 Å². The molecule has 7 nitrogen and oxygen atoms in total. The predicted octanol–water partition coefficient (Wildman–Crippen LogP) is 0.914. The first-order valence-corrected chi connectivity index (χ1v) is 12.4. The standard InChI is InChI=1S/C29H31N3O4.ClH/c1-30(2)22-8-11-31(12-9-22)10-4-14-34-29-24-18-32-13-7-21-16-27-28(36-19-35-27)17-23(21)25(32)15-20(24)5-6-26(29)33-3;/h5-6,8-9,11-12,15-18H,4,7,10,13-14,19H2,1-3H3;1H/q+2;/p-1. The molecule has 0 spiro atoms. The van der Waals surface area contributed by atoms with Gasteiger partial charge in [-0.1, -0.05) is 0 Å². The number of ether oxygens (including phenoxy) is 4. The van der Waals surface area contributed by atoms with Gasteiger partial charge in [-0.15, -0.1) is 0 Å². The van der Waals surface area contributed by atoms with Crippen LogP contribution in [0.3, 0.4) is 0 Å². The van der Waals surface area contributed by atoms with E-state index in [4.69, 9.17) is 18.9 Å². The van der Waals surface area contributed by atoms with Crippen molar-refractivity contribution in [3.05, 3.63) is 66.6 Å². The van der Waals surface area contributed by atoms with Crippen LogP contribution in [0, 0.1) is 0 Å². The Morgan fingerprint density at radius 3 is 2.54 bits per heavy atom. The molecular weight excluding hydrogens is 490 g/mol. The Morgan fingerprint density at radius 2 is 1.78 bits per heavy atom. The molecule has 0 amide bonds.